The second-order valence-corrected chi connectivity index (χ2v) is 6.82. The van der Waals surface area contributed by atoms with Gasteiger partial charge < -0.3 is 14.8 Å². The van der Waals surface area contributed by atoms with Gasteiger partial charge in [-0.15, -0.1) is 0 Å². The van der Waals surface area contributed by atoms with Gasteiger partial charge in [-0.3, -0.25) is 0 Å². The van der Waals surface area contributed by atoms with Gasteiger partial charge in [0.2, 0.25) is 0 Å². The number of hydrogen-bond donors (Lipinski definition) is 1. The summed E-state index contributed by atoms with van der Waals surface area (Å²) in [7, 11) is 0. The summed E-state index contributed by atoms with van der Waals surface area (Å²) in [5, 5.41) is 3.51. The van der Waals surface area contributed by atoms with Crippen LogP contribution in [0.25, 0.3) is 0 Å². The summed E-state index contributed by atoms with van der Waals surface area (Å²) in [6.45, 7) is 6.00. The fourth-order valence-electron chi connectivity index (χ4n) is 3.36. The van der Waals surface area contributed by atoms with E-state index in [1.54, 1.807) is 0 Å². The van der Waals surface area contributed by atoms with E-state index in [0.717, 1.165) is 56.4 Å². The molecule has 3 nitrogen and oxygen atoms in total. The van der Waals surface area contributed by atoms with Crippen LogP contribution in [0.15, 0.2) is 10.5 Å². The van der Waals surface area contributed by atoms with Crippen molar-refractivity contribution >= 4 is 15.9 Å². The van der Waals surface area contributed by atoms with E-state index in [4.69, 9.17) is 9.47 Å². The zero-order valence-corrected chi connectivity index (χ0v) is 14.3. The maximum Gasteiger partial charge on any atom is 0.164 e. The topological polar surface area (TPSA) is 30.5 Å². The Morgan fingerprint density at radius 2 is 2.10 bits per heavy atom. The van der Waals surface area contributed by atoms with Crippen molar-refractivity contribution in [2.24, 2.45) is 5.92 Å². The van der Waals surface area contributed by atoms with Gasteiger partial charge in [0, 0.05) is 16.5 Å². The molecule has 1 saturated heterocycles. The molecule has 0 bridgehead atoms. The number of rotatable bonds is 3. The second kappa shape index (κ2) is 7.01. The predicted octanol–water partition coefficient (Wildman–Crippen LogP) is 3.71. The number of benzene rings is 1. The van der Waals surface area contributed by atoms with Gasteiger partial charge in [0.1, 0.15) is 0 Å². The molecule has 0 aromatic heterocycles. The van der Waals surface area contributed by atoms with E-state index in [0.29, 0.717) is 0 Å². The zero-order chi connectivity index (χ0) is 14.7. The molecule has 2 heterocycles. The second-order valence-electron chi connectivity index (χ2n) is 5.96. The molecule has 1 aromatic carbocycles. The van der Waals surface area contributed by atoms with Crippen LogP contribution in [0.2, 0.25) is 0 Å². The van der Waals surface area contributed by atoms with E-state index >= 15 is 0 Å². The van der Waals surface area contributed by atoms with Gasteiger partial charge in [-0.1, -0.05) is 22.9 Å². The lowest BCUT2D eigenvalue weighted by Crippen LogP contribution is -2.31. The maximum absolute atomic E-state index is 5.99. The molecule has 21 heavy (non-hydrogen) atoms. The van der Waals surface area contributed by atoms with Crippen LogP contribution < -0.4 is 14.8 Å². The monoisotopic (exact) mass is 353 g/mol. The normalized spacial score (nSPS) is 21.9. The van der Waals surface area contributed by atoms with Crippen molar-refractivity contribution in [2.45, 2.75) is 39.0 Å². The Morgan fingerprint density at radius 3 is 2.86 bits per heavy atom. The number of hydrogen-bond acceptors (Lipinski definition) is 3. The van der Waals surface area contributed by atoms with Gasteiger partial charge in [0.05, 0.1) is 13.2 Å². The number of halogens is 1. The highest BCUT2D eigenvalue weighted by atomic mass is 79.9. The molecule has 0 spiro atoms. The molecule has 0 radical (unpaired) electrons. The summed E-state index contributed by atoms with van der Waals surface area (Å²) in [5.74, 6) is 2.61. The van der Waals surface area contributed by atoms with Gasteiger partial charge in [-0.25, -0.2) is 0 Å². The van der Waals surface area contributed by atoms with Crippen molar-refractivity contribution in [3.8, 4) is 11.5 Å². The largest absolute Gasteiger partial charge is 0.490 e. The summed E-state index contributed by atoms with van der Waals surface area (Å²) in [4.78, 5) is 0. The minimum absolute atomic E-state index is 0.727. The molecular weight excluding hydrogens is 330 g/mol. The standard InChI is InChI=1S/C17H24BrNO2/c1-2-13-14(9-12-5-3-6-19-11-12)15(18)10-16-17(13)21-8-4-7-20-16/h10,12,19H,2-9,11H2,1H3. The maximum atomic E-state index is 5.99. The fraction of sp³-hybridized carbons (Fsp3) is 0.647. The Labute approximate surface area is 135 Å². The van der Waals surface area contributed by atoms with Crippen LogP contribution in [0.4, 0.5) is 0 Å². The number of nitrogens with one attached hydrogen (secondary N) is 1. The molecule has 1 fully saturated rings. The van der Waals surface area contributed by atoms with Gasteiger partial charge in [-0.05, 0) is 56.3 Å². The van der Waals surface area contributed by atoms with E-state index in [9.17, 15) is 0 Å². The first kappa shape index (κ1) is 15.2. The summed E-state index contributed by atoms with van der Waals surface area (Å²) in [6, 6.07) is 2.10. The van der Waals surface area contributed by atoms with Crippen molar-refractivity contribution in [3.63, 3.8) is 0 Å². The van der Waals surface area contributed by atoms with Crippen LogP contribution >= 0.6 is 15.9 Å². The van der Waals surface area contributed by atoms with Gasteiger partial charge in [0.15, 0.2) is 11.5 Å². The molecule has 1 atom stereocenters. The van der Waals surface area contributed by atoms with Crippen molar-refractivity contribution < 1.29 is 9.47 Å². The van der Waals surface area contributed by atoms with Crippen LogP contribution in [-0.4, -0.2) is 26.3 Å². The molecule has 3 rings (SSSR count). The van der Waals surface area contributed by atoms with E-state index in [-0.39, 0.29) is 0 Å². The Bertz CT molecular complexity index is 498. The third-order valence-corrected chi connectivity index (χ3v) is 5.15. The zero-order valence-electron chi connectivity index (χ0n) is 12.7. The molecule has 0 amide bonds. The fourth-order valence-corrected chi connectivity index (χ4v) is 3.97. The van der Waals surface area contributed by atoms with Gasteiger partial charge in [-0.2, -0.15) is 0 Å². The molecule has 2 aliphatic heterocycles. The Hall–Kier alpha value is -0.740. The molecule has 1 aromatic rings. The van der Waals surface area contributed by atoms with Gasteiger partial charge in [0.25, 0.3) is 0 Å². The minimum atomic E-state index is 0.727. The quantitative estimate of drug-likeness (QED) is 0.898. The Kier molecular flexibility index (Phi) is 5.07. The number of fused-ring (bicyclic) bond motifs is 1. The number of piperidine rings is 1. The third kappa shape index (κ3) is 3.37. The molecule has 0 saturated carbocycles. The van der Waals surface area contributed by atoms with Crippen molar-refractivity contribution in [1.82, 2.24) is 5.32 Å². The van der Waals surface area contributed by atoms with E-state index in [1.807, 2.05) is 0 Å². The lowest BCUT2D eigenvalue weighted by molar-refractivity contribution is 0.296. The third-order valence-electron chi connectivity index (χ3n) is 4.45. The molecular formula is C17H24BrNO2. The van der Waals surface area contributed by atoms with Crippen LogP contribution in [0.1, 0.15) is 37.3 Å². The highest BCUT2D eigenvalue weighted by Crippen LogP contribution is 2.41. The average molecular weight is 354 g/mol. The summed E-state index contributed by atoms with van der Waals surface area (Å²) in [6.07, 6.45) is 5.66. The highest BCUT2D eigenvalue weighted by molar-refractivity contribution is 9.10. The number of ether oxygens (including phenoxy) is 2. The molecule has 1 unspecified atom stereocenters. The lowest BCUT2D eigenvalue weighted by Gasteiger charge is -2.25. The lowest BCUT2D eigenvalue weighted by atomic mass is 9.89. The van der Waals surface area contributed by atoms with Crippen molar-refractivity contribution in [1.29, 1.82) is 0 Å². The first-order valence-corrected chi connectivity index (χ1v) is 8.89. The first-order valence-electron chi connectivity index (χ1n) is 8.10. The van der Waals surface area contributed by atoms with Crippen LogP contribution in [0, 0.1) is 5.92 Å². The molecule has 0 aliphatic carbocycles. The average Bonchev–Trinajstić information content (AvgIpc) is 2.74. The van der Waals surface area contributed by atoms with Crippen molar-refractivity contribution in [2.75, 3.05) is 26.3 Å². The molecule has 116 valence electrons. The van der Waals surface area contributed by atoms with Crippen molar-refractivity contribution in [3.05, 3.63) is 21.7 Å². The van der Waals surface area contributed by atoms with Crippen LogP contribution in [0.3, 0.4) is 0 Å². The summed E-state index contributed by atoms with van der Waals surface area (Å²) in [5.41, 5.74) is 2.74. The van der Waals surface area contributed by atoms with E-state index < -0.39 is 0 Å². The summed E-state index contributed by atoms with van der Waals surface area (Å²) >= 11 is 3.76. The predicted molar refractivity (Wildman–Crippen MR) is 88.4 cm³/mol. The smallest absolute Gasteiger partial charge is 0.164 e. The molecule has 4 heteroatoms. The van der Waals surface area contributed by atoms with Crippen LogP contribution in [0.5, 0.6) is 11.5 Å². The molecule has 1 N–H and O–H groups in total. The summed E-state index contributed by atoms with van der Waals surface area (Å²) < 4.78 is 13.0. The van der Waals surface area contributed by atoms with Crippen LogP contribution in [-0.2, 0) is 12.8 Å². The minimum Gasteiger partial charge on any atom is -0.490 e. The van der Waals surface area contributed by atoms with Gasteiger partial charge >= 0.3 is 0 Å². The Morgan fingerprint density at radius 1 is 1.24 bits per heavy atom. The highest BCUT2D eigenvalue weighted by Gasteiger charge is 2.23. The SMILES string of the molecule is CCc1c(CC2CCCNC2)c(Br)cc2c1OCCCO2. The van der Waals surface area contributed by atoms with E-state index in [1.165, 1.54) is 35.0 Å². The van der Waals surface area contributed by atoms with E-state index in [2.05, 4.69) is 34.2 Å². The molecule has 2 aliphatic rings. The first-order chi connectivity index (χ1) is 10.3. The Balaban J connectivity index is 1.92.